The van der Waals surface area contributed by atoms with Crippen LogP contribution in [0.25, 0.3) is 59.5 Å². The van der Waals surface area contributed by atoms with Gasteiger partial charge in [-0.25, -0.2) is 9.97 Å². The average Bonchev–Trinajstić information content (AvgIpc) is 3.69. The fourth-order valence-corrected chi connectivity index (χ4v) is 7.93. The van der Waals surface area contributed by atoms with Crippen LogP contribution in [0.2, 0.25) is 0 Å². The van der Waals surface area contributed by atoms with Crippen molar-refractivity contribution in [3.63, 3.8) is 0 Å². The molecule has 0 aliphatic heterocycles. The molecule has 8 aromatic rings. The third-order valence-electron chi connectivity index (χ3n) is 9.11. The van der Waals surface area contributed by atoms with E-state index >= 15 is 0 Å². The number of fused-ring (bicyclic) bond motifs is 4. The van der Waals surface area contributed by atoms with Gasteiger partial charge in [-0.1, -0.05) is 120 Å². The standard InChI is InChI=1S/C44H39N3S/c1-28(2)36-26-31(30-17-10-7-11-18-30)27-37(44(3,4)5)40(36)47-39-22-13-12-21-38(39)46-42(47)35-20-14-19-33-34-24-23-32(45-43(34)48-41(33)35)25-29-15-8-6-9-16-29/h6-24,26-28H,25H2,1-5H3/i25D2. The fourth-order valence-electron chi connectivity index (χ4n) is 6.74. The lowest BCUT2D eigenvalue weighted by Gasteiger charge is -2.29. The van der Waals surface area contributed by atoms with Crippen molar-refractivity contribution < 1.29 is 2.74 Å². The van der Waals surface area contributed by atoms with Crippen LogP contribution >= 0.6 is 11.3 Å². The first-order valence-corrected chi connectivity index (χ1v) is 17.4. The molecule has 0 atom stereocenters. The molecule has 4 heteroatoms. The summed E-state index contributed by atoms with van der Waals surface area (Å²) in [6.45, 7) is 11.5. The smallest absolute Gasteiger partial charge is 0.147 e. The van der Waals surface area contributed by atoms with Gasteiger partial charge in [-0.15, -0.1) is 11.3 Å². The maximum absolute atomic E-state index is 8.97. The minimum absolute atomic E-state index is 0.159. The number of thiophene rings is 1. The Kier molecular flexibility index (Phi) is 6.93. The van der Waals surface area contributed by atoms with Gasteiger partial charge in [0, 0.05) is 35.8 Å². The number of para-hydroxylation sites is 2. The van der Waals surface area contributed by atoms with Crippen molar-refractivity contribution in [2.45, 2.75) is 52.3 Å². The first-order chi connectivity index (χ1) is 24.0. The van der Waals surface area contributed by atoms with Crippen LogP contribution in [-0.4, -0.2) is 14.5 Å². The highest BCUT2D eigenvalue weighted by atomic mass is 32.1. The molecule has 0 aliphatic carbocycles. The predicted octanol–water partition coefficient (Wildman–Crippen LogP) is 12.1. The van der Waals surface area contributed by atoms with Gasteiger partial charge >= 0.3 is 0 Å². The maximum Gasteiger partial charge on any atom is 0.147 e. The third-order valence-corrected chi connectivity index (χ3v) is 10.3. The molecule has 5 aromatic carbocycles. The summed E-state index contributed by atoms with van der Waals surface area (Å²) in [6, 6.07) is 43.4. The molecular weight excluding hydrogens is 603 g/mol. The number of hydrogen-bond donors (Lipinski definition) is 0. The van der Waals surface area contributed by atoms with Crippen molar-refractivity contribution >= 4 is 42.7 Å². The van der Waals surface area contributed by atoms with Crippen LogP contribution in [0.15, 0.2) is 127 Å². The van der Waals surface area contributed by atoms with Gasteiger partial charge in [0.1, 0.15) is 10.7 Å². The molecule has 0 radical (unpaired) electrons. The Balaban J connectivity index is 1.40. The van der Waals surface area contributed by atoms with Gasteiger partial charge < -0.3 is 0 Å². The van der Waals surface area contributed by atoms with Gasteiger partial charge in [0.25, 0.3) is 0 Å². The molecule has 0 saturated carbocycles. The molecule has 3 heterocycles. The van der Waals surface area contributed by atoms with Crippen LogP contribution in [0.4, 0.5) is 0 Å². The molecule has 3 nitrogen and oxygen atoms in total. The minimum atomic E-state index is -1.72. The van der Waals surface area contributed by atoms with Crippen molar-refractivity contribution in [2.75, 3.05) is 0 Å². The van der Waals surface area contributed by atoms with Crippen molar-refractivity contribution in [2.24, 2.45) is 0 Å². The topological polar surface area (TPSA) is 30.7 Å². The number of rotatable bonds is 6. The Morgan fingerprint density at radius 3 is 2.21 bits per heavy atom. The van der Waals surface area contributed by atoms with Crippen LogP contribution in [0.3, 0.4) is 0 Å². The van der Waals surface area contributed by atoms with E-state index in [4.69, 9.17) is 12.7 Å². The normalized spacial score (nSPS) is 13.0. The summed E-state index contributed by atoms with van der Waals surface area (Å²) in [4.78, 5) is 11.1. The summed E-state index contributed by atoms with van der Waals surface area (Å²) in [5, 5.41) is 2.12. The number of hydrogen-bond acceptors (Lipinski definition) is 3. The Labute approximate surface area is 289 Å². The lowest BCUT2D eigenvalue weighted by atomic mass is 9.80. The molecule has 0 spiro atoms. The predicted molar refractivity (Wildman–Crippen MR) is 205 cm³/mol. The molecule has 0 bridgehead atoms. The van der Waals surface area contributed by atoms with Gasteiger partial charge in [0.2, 0.25) is 0 Å². The van der Waals surface area contributed by atoms with Crippen LogP contribution in [0.5, 0.6) is 0 Å². The van der Waals surface area contributed by atoms with E-state index in [0.717, 1.165) is 42.7 Å². The number of benzene rings is 5. The Hall–Kier alpha value is -5.06. The van der Waals surface area contributed by atoms with Crippen molar-refractivity contribution in [3.05, 3.63) is 150 Å². The van der Waals surface area contributed by atoms with E-state index in [1.165, 1.54) is 27.9 Å². The average molecular weight is 644 g/mol. The Morgan fingerprint density at radius 1 is 0.729 bits per heavy atom. The second kappa shape index (κ2) is 11.9. The zero-order valence-electron chi connectivity index (χ0n) is 30.0. The van der Waals surface area contributed by atoms with E-state index in [9.17, 15) is 0 Å². The second-order valence-electron chi connectivity index (χ2n) is 13.8. The summed E-state index contributed by atoms with van der Waals surface area (Å²) in [7, 11) is 0. The number of imidazole rings is 1. The summed E-state index contributed by atoms with van der Waals surface area (Å²) in [6.07, 6.45) is -1.72. The van der Waals surface area contributed by atoms with Gasteiger partial charge in [-0.05, 0) is 81.6 Å². The molecule has 236 valence electrons. The van der Waals surface area contributed by atoms with Gasteiger partial charge in [0.05, 0.1) is 16.7 Å². The lowest BCUT2D eigenvalue weighted by molar-refractivity contribution is 0.585. The maximum atomic E-state index is 8.97. The van der Waals surface area contributed by atoms with Gasteiger partial charge in [-0.2, -0.15) is 0 Å². The van der Waals surface area contributed by atoms with Crippen LogP contribution < -0.4 is 0 Å². The van der Waals surface area contributed by atoms with E-state index in [0.29, 0.717) is 11.3 Å². The highest BCUT2D eigenvalue weighted by molar-refractivity contribution is 7.26. The van der Waals surface area contributed by atoms with E-state index in [2.05, 4.69) is 124 Å². The zero-order valence-corrected chi connectivity index (χ0v) is 28.8. The number of pyridine rings is 1. The minimum Gasteiger partial charge on any atom is -0.292 e. The van der Waals surface area contributed by atoms with Crippen LogP contribution in [0, 0.1) is 0 Å². The Morgan fingerprint density at radius 2 is 1.46 bits per heavy atom. The highest BCUT2D eigenvalue weighted by Gasteiger charge is 2.28. The van der Waals surface area contributed by atoms with E-state index in [1.54, 1.807) is 11.3 Å². The molecule has 48 heavy (non-hydrogen) atoms. The zero-order chi connectivity index (χ0) is 34.8. The summed E-state index contributed by atoms with van der Waals surface area (Å²) < 4.78 is 21.4. The summed E-state index contributed by atoms with van der Waals surface area (Å²) in [5.74, 6) is 1.15. The molecule has 0 amide bonds. The Bertz CT molecular complexity index is 2520. The van der Waals surface area contributed by atoms with Gasteiger partial charge in [-0.3, -0.25) is 4.57 Å². The van der Waals surface area contributed by atoms with Crippen molar-refractivity contribution in [1.82, 2.24) is 14.5 Å². The molecule has 3 aromatic heterocycles. The largest absolute Gasteiger partial charge is 0.292 e. The molecule has 0 unspecified atom stereocenters. The molecule has 8 rings (SSSR count). The molecule has 0 fully saturated rings. The second-order valence-corrected chi connectivity index (χ2v) is 14.8. The van der Waals surface area contributed by atoms with Crippen LogP contribution in [0.1, 0.15) is 65.7 Å². The quantitative estimate of drug-likeness (QED) is 0.180. The lowest BCUT2D eigenvalue weighted by Crippen LogP contribution is -2.18. The van der Waals surface area contributed by atoms with Crippen molar-refractivity contribution in [1.29, 1.82) is 0 Å². The number of nitrogens with zero attached hydrogens (tertiary/aromatic N) is 3. The molecule has 0 saturated heterocycles. The first kappa shape index (κ1) is 28.0. The number of aromatic nitrogens is 3. The highest BCUT2D eigenvalue weighted by Crippen LogP contribution is 2.44. The third kappa shape index (κ3) is 5.31. The van der Waals surface area contributed by atoms with E-state index in [-0.39, 0.29) is 11.3 Å². The molecular formula is C44H39N3S. The first-order valence-electron chi connectivity index (χ1n) is 17.6. The van der Waals surface area contributed by atoms with E-state index < -0.39 is 6.37 Å². The molecule has 0 aliphatic rings. The SMILES string of the molecule is [2H]C([2H])(c1ccccc1)c1ccc2c(n1)sc1c(-c3nc4ccccc4n3-c3c(C(C)C)cc(-c4ccccc4)cc3C(C)(C)C)cccc12. The summed E-state index contributed by atoms with van der Waals surface area (Å²) in [5.41, 5.74) is 10.1. The van der Waals surface area contributed by atoms with Crippen molar-refractivity contribution in [3.8, 4) is 28.2 Å². The fraction of sp³-hybridized carbons (Fsp3) is 0.182. The van der Waals surface area contributed by atoms with Crippen LogP contribution in [-0.2, 0) is 11.8 Å². The monoisotopic (exact) mass is 643 g/mol. The van der Waals surface area contributed by atoms with E-state index in [1.807, 2.05) is 42.5 Å². The summed E-state index contributed by atoms with van der Waals surface area (Å²) >= 11 is 1.61. The molecule has 0 N–H and O–H groups in total. The van der Waals surface area contributed by atoms with Gasteiger partial charge in [0.15, 0.2) is 0 Å².